The number of hydrogen-bond acceptors (Lipinski definition) is 4. The summed E-state index contributed by atoms with van der Waals surface area (Å²) in [4.78, 5) is 0. The van der Waals surface area contributed by atoms with Crippen LogP contribution in [0.3, 0.4) is 0 Å². The summed E-state index contributed by atoms with van der Waals surface area (Å²) in [5.74, 6) is 0. The minimum Gasteiger partial charge on any atom is -0.304 e. The SMILES string of the molecule is CCCNC(c1ccnn1C)c1cnnn1C. The molecule has 0 amide bonds. The van der Waals surface area contributed by atoms with Gasteiger partial charge >= 0.3 is 0 Å². The van der Waals surface area contributed by atoms with Crippen molar-refractivity contribution in [2.24, 2.45) is 14.1 Å². The number of hydrogen-bond donors (Lipinski definition) is 1. The molecule has 1 unspecified atom stereocenters. The lowest BCUT2D eigenvalue weighted by Gasteiger charge is -2.18. The van der Waals surface area contributed by atoms with Crippen LogP contribution in [0.25, 0.3) is 0 Å². The van der Waals surface area contributed by atoms with Crippen LogP contribution in [0, 0.1) is 0 Å². The number of nitrogens with one attached hydrogen (secondary N) is 1. The molecule has 2 heterocycles. The van der Waals surface area contributed by atoms with Crippen LogP contribution in [0.2, 0.25) is 0 Å². The zero-order valence-corrected chi connectivity index (χ0v) is 10.5. The fraction of sp³-hybridized carbons (Fsp3) is 0.545. The molecule has 6 nitrogen and oxygen atoms in total. The summed E-state index contributed by atoms with van der Waals surface area (Å²) >= 11 is 0. The van der Waals surface area contributed by atoms with Crippen LogP contribution in [-0.4, -0.2) is 31.3 Å². The van der Waals surface area contributed by atoms with Gasteiger partial charge < -0.3 is 5.32 Å². The van der Waals surface area contributed by atoms with Gasteiger partial charge in [0.1, 0.15) is 0 Å². The molecule has 0 aromatic carbocycles. The molecule has 2 rings (SSSR count). The van der Waals surface area contributed by atoms with Crippen molar-refractivity contribution < 1.29 is 0 Å². The van der Waals surface area contributed by atoms with Crippen molar-refractivity contribution in [3.63, 3.8) is 0 Å². The molecule has 0 spiro atoms. The van der Waals surface area contributed by atoms with Gasteiger partial charge in [0.05, 0.1) is 23.6 Å². The van der Waals surface area contributed by atoms with Crippen molar-refractivity contribution in [1.29, 1.82) is 0 Å². The smallest absolute Gasteiger partial charge is 0.0935 e. The van der Waals surface area contributed by atoms with E-state index in [1.54, 1.807) is 17.1 Å². The van der Waals surface area contributed by atoms with Gasteiger partial charge in [-0.1, -0.05) is 12.1 Å². The lowest BCUT2D eigenvalue weighted by Crippen LogP contribution is -2.27. The Kier molecular flexibility index (Phi) is 3.53. The highest BCUT2D eigenvalue weighted by Crippen LogP contribution is 2.19. The van der Waals surface area contributed by atoms with E-state index in [2.05, 4.69) is 27.7 Å². The van der Waals surface area contributed by atoms with E-state index in [4.69, 9.17) is 0 Å². The summed E-state index contributed by atoms with van der Waals surface area (Å²) in [6.07, 6.45) is 4.68. The highest BCUT2D eigenvalue weighted by atomic mass is 15.4. The lowest BCUT2D eigenvalue weighted by atomic mass is 10.1. The molecule has 0 aliphatic heterocycles. The predicted molar refractivity (Wildman–Crippen MR) is 64.3 cm³/mol. The van der Waals surface area contributed by atoms with Gasteiger partial charge in [0, 0.05) is 20.3 Å². The van der Waals surface area contributed by atoms with E-state index in [-0.39, 0.29) is 6.04 Å². The standard InChI is InChI=1S/C11H18N6/c1-4-6-12-11(9-5-7-14-16(9)2)10-8-13-15-17(10)3/h5,7-8,11-12H,4,6H2,1-3H3. The van der Waals surface area contributed by atoms with Crippen molar-refractivity contribution in [2.45, 2.75) is 19.4 Å². The molecule has 0 bridgehead atoms. The maximum Gasteiger partial charge on any atom is 0.0935 e. The largest absolute Gasteiger partial charge is 0.304 e. The Labute approximate surface area is 101 Å². The topological polar surface area (TPSA) is 60.6 Å². The molecule has 2 aromatic heterocycles. The first-order valence-electron chi connectivity index (χ1n) is 5.80. The van der Waals surface area contributed by atoms with Gasteiger partial charge in [-0.25, -0.2) is 0 Å². The minimum absolute atomic E-state index is 0.0856. The van der Waals surface area contributed by atoms with Gasteiger partial charge in [-0.2, -0.15) is 5.10 Å². The molecular formula is C11H18N6. The van der Waals surface area contributed by atoms with Crippen LogP contribution in [0.4, 0.5) is 0 Å². The van der Waals surface area contributed by atoms with E-state index in [1.807, 2.05) is 24.8 Å². The maximum atomic E-state index is 4.21. The Balaban J connectivity index is 2.32. The maximum absolute atomic E-state index is 4.21. The Bertz CT molecular complexity index is 432. The highest BCUT2D eigenvalue weighted by molar-refractivity contribution is 5.19. The molecular weight excluding hydrogens is 216 g/mol. The fourth-order valence-electron chi connectivity index (χ4n) is 1.88. The third kappa shape index (κ3) is 2.36. The monoisotopic (exact) mass is 234 g/mol. The van der Waals surface area contributed by atoms with E-state index in [1.165, 1.54) is 0 Å². The van der Waals surface area contributed by atoms with Gasteiger partial charge in [0.15, 0.2) is 0 Å². The van der Waals surface area contributed by atoms with Crippen LogP contribution < -0.4 is 5.32 Å². The molecule has 6 heteroatoms. The van der Waals surface area contributed by atoms with Gasteiger partial charge in [-0.05, 0) is 19.0 Å². The van der Waals surface area contributed by atoms with Crippen molar-refractivity contribution in [1.82, 2.24) is 30.1 Å². The molecule has 0 aliphatic rings. The molecule has 92 valence electrons. The third-order valence-electron chi connectivity index (χ3n) is 2.80. The normalized spacial score (nSPS) is 12.9. The first kappa shape index (κ1) is 11.8. The van der Waals surface area contributed by atoms with Gasteiger partial charge in [0.2, 0.25) is 0 Å². The first-order valence-corrected chi connectivity index (χ1v) is 5.80. The van der Waals surface area contributed by atoms with Crippen molar-refractivity contribution >= 4 is 0 Å². The van der Waals surface area contributed by atoms with Crippen molar-refractivity contribution in [3.8, 4) is 0 Å². The lowest BCUT2D eigenvalue weighted by molar-refractivity contribution is 0.518. The summed E-state index contributed by atoms with van der Waals surface area (Å²) in [5.41, 5.74) is 2.16. The fourth-order valence-corrected chi connectivity index (χ4v) is 1.88. The summed E-state index contributed by atoms with van der Waals surface area (Å²) in [6.45, 7) is 3.09. The highest BCUT2D eigenvalue weighted by Gasteiger charge is 2.19. The number of aryl methyl sites for hydroxylation is 2. The zero-order valence-electron chi connectivity index (χ0n) is 10.5. The van der Waals surface area contributed by atoms with E-state index in [9.17, 15) is 0 Å². The Morgan fingerprint density at radius 3 is 2.65 bits per heavy atom. The average molecular weight is 234 g/mol. The second kappa shape index (κ2) is 5.09. The molecule has 1 atom stereocenters. The second-order valence-electron chi connectivity index (χ2n) is 4.05. The number of nitrogens with zero attached hydrogens (tertiary/aromatic N) is 5. The molecule has 2 aromatic rings. The van der Waals surface area contributed by atoms with Gasteiger partial charge in [-0.15, -0.1) is 5.10 Å². The molecule has 0 saturated carbocycles. The van der Waals surface area contributed by atoms with Crippen LogP contribution >= 0.6 is 0 Å². The number of rotatable bonds is 5. The molecule has 0 fully saturated rings. The quantitative estimate of drug-likeness (QED) is 0.824. The van der Waals surface area contributed by atoms with Crippen molar-refractivity contribution in [2.75, 3.05) is 6.54 Å². The number of aromatic nitrogens is 5. The Morgan fingerprint density at radius 2 is 2.12 bits per heavy atom. The van der Waals surface area contributed by atoms with E-state index < -0.39 is 0 Å². The molecule has 0 radical (unpaired) electrons. The second-order valence-corrected chi connectivity index (χ2v) is 4.05. The summed E-state index contributed by atoms with van der Waals surface area (Å²) in [7, 11) is 3.85. The van der Waals surface area contributed by atoms with Crippen LogP contribution in [0.5, 0.6) is 0 Å². The minimum atomic E-state index is 0.0856. The molecule has 0 saturated heterocycles. The van der Waals surface area contributed by atoms with Crippen LogP contribution in [0.1, 0.15) is 30.8 Å². The third-order valence-corrected chi connectivity index (χ3v) is 2.80. The summed E-state index contributed by atoms with van der Waals surface area (Å²) < 4.78 is 3.67. The molecule has 0 aliphatic carbocycles. The Morgan fingerprint density at radius 1 is 1.29 bits per heavy atom. The van der Waals surface area contributed by atoms with Crippen LogP contribution in [0.15, 0.2) is 18.5 Å². The first-order chi connectivity index (χ1) is 8.24. The van der Waals surface area contributed by atoms with Crippen molar-refractivity contribution in [3.05, 3.63) is 29.8 Å². The van der Waals surface area contributed by atoms with E-state index in [0.717, 1.165) is 24.4 Å². The van der Waals surface area contributed by atoms with E-state index in [0.29, 0.717) is 0 Å². The predicted octanol–water partition coefficient (Wildman–Crippen LogP) is 0.638. The van der Waals surface area contributed by atoms with Gasteiger partial charge in [0.25, 0.3) is 0 Å². The molecule has 1 N–H and O–H groups in total. The summed E-state index contributed by atoms with van der Waals surface area (Å²) in [5, 5.41) is 15.6. The molecule has 17 heavy (non-hydrogen) atoms. The zero-order chi connectivity index (χ0) is 12.3. The van der Waals surface area contributed by atoms with E-state index >= 15 is 0 Å². The average Bonchev–Trinajstić information content (AvgIpc) is 2.90. The van der Waals surface area contributed by atoms with Gasteiger partial charge in [-0.3, -0.25) is 9.36 Å². The Hall–Kier alpha value is -1.69. The summed E-state index contributed by atoms with van der Waals surface area (Å²) in [6, 6.07) is 2.10. The van der Waals surface area contributed by atoms with Crippen LogP contribution in [-0.2, 0) is 14.1 Å².